The van der Waals surface area contributed by atoms with Crippen molar-refractivity contribution in [1.29, 1.82) is 0 Å². The topological polar surface area (TPSA) is 0 Å². The Bertz CT molecular complexity index is 783. The van der Waals surface area contributed by atoms with Gasteiger partial charge < -0.3 is 0 Å². The van der Waals surface area contributed by atoms with E-state index in [0.717, 1.165) is 0 Å². The molecule has 1 aromatic rings. The Kier molecular flexibility index (Phi) is 7.66. The van der Waals surface area contributed by atoms with Gasteiger partial charge in [0.25, 0.3) is 0 Å². The molecular weight excluding hydrogens is 380 g/mol. The molecule has 0 N–H and O–H groups in total. The van der Waals surface area contributed by atoms with E-state index in [9.17, 15) is 0 Å². The van der Waals surface area contributed by atoms with Gasteiger partial charge in [0.15, 0.2) is 0 Å². The van der Waals surface area contributed by atoms with Crippen molar-refractivity contribution in [3.8, 4) is 0 Å². The minimum atomic E-state index is -1.81. The van der Waals surface area contributed by atoms with E-state index < -0.39 is 16.1 Å². The van der Waals surface area contributed by atoms with Gasteiger partial charge in [-0.2, -0.15) is 0 Å². The summed E-state index contributed by atoms with van der Waals surface area (Å²) in [4.78, 5) is 0. The number of benzene rings is 1. The molecule has 0 aromatic heterocycles. The predicted octanol–water partition coefficient (Wildman–Crippen LogP) is 7.85. The maximum Gasteiger partial charge on any atom is 0.101 e. The molecule has 1 atom stereocenters. The van der Waals surface area contributed by atoms with Gasteiger partial charge in [-0.05, 0) is 33.3 Å². The molecule has 1 unspecified atom stereocenters. The molecule has 1 aliphatic carbocycles. The first kappa shape index (κ1) is 24.4. The highest BCUT2D eigenvalue weighted by Gasteiger charge is 2.52. The summed E-state index contributed by atoms with van der Waals surface area (Å²) in [5.41, 5.74) is 6.21. The summed E-state index contributed by atoms with van der Waals surface area (Å²) in [6.07, 6.45) is 8.01. The fraction of sp³-hybridized carbons (Fsp3) is 0.630. The Morgan fingerprint density at radius 3 is 1.72 bits per heavy atom. The molecule has 0 spiro atoms. The highest BCUT2D eigenvalue weighted by molar-refractivity contribution is 6.96. The van der Waals surface area contributed by atoms with Crippen molar-refractivity contribution in [2.24, 2.45) is 0 Å². The summed E-state index contributed by atoms with van der Waals surface area (Å²) in [6.45, 7) is 24.3. The number of unbranched alkanes of at least 4 members (excludes halogenated alkanes) is 2. The maximum atomic E-state index is 2.69. The lowest BCUT2D eigenvalue weighted by Gasteiger charge is -2.47. The molecule has 2 rings (SSSR count). The average Bonchev–Trinajstić information content (AvgIpc) is 2.84. The molecule has 0 saturated carbocycles. The van der Waals surface area contributed by atoms with Gasteiger partial charge in [0.2, 0.25) is 0 Å². The second kappa shape index (κ2) is 9.10. The van der Waals surface area contributed by atoms with Gasteiger partial charge in [0.05, 0.1) is 8.07 Å². The Balaban J connectivity index is 2.83. The number of rotatable bonds is 9. The molecule has 162 valence electrons. The highest BCUT2D eigenvalue weighted by Crippen LogP contribution is 2.56. The molecule has 0 nitrogen and oxygen atoms in total. The largest absolute Gasteiger partial charge is 0.101 e. The fourth-order valence-electron chi connectivity index (χ4n) is 5.51. The molecule has 0 radical (unpaired) electrons. The molecule has 0 aliphatic heterocycles. The molecule has 1 aliphatic rings. The van der Waals surface area contributed by atoms with Crippen LogP contribution < -0.4 is 10.4 Å². The van der Waals surface area contributed by atoms with Crippen LogP contribution in [0.1, 0.15) is 72.8 Å². The Morgan fingerprint density at radius 2 is 1.31 bits per heavy atom. The van der Waals surface area contributed by atoms with E-state index in [1.54, 1.807) is 21.5 Å². The van der Waals surface area contributed by atoms with Crippen LogP contribution in [0.3, 0.4) is 0 Å². The van der Waals surface area contributed by atoms with E-state index in [4.69, 9.17) is 0 Å². The van der Waals surface area contributed by atoms with E-state index in [1.807, 2.05) is 0 Å². The van der Waals surface area contributed by atoms with Gasteiger partial charge in [-0.25, -0.2) is 0 Å². The lowest BCUT2D eigenvalue weighted by molar-refractivity contribution is 0.764. The average molecular weight is 427 g/mol. The van der Waals surface area contributed by atoms with Crippen molar-refractivity contribution in [2.45, 2.75) is 111 Å². The van der Waals surface area contributed by atoms with Crippen LogP contribution in [-0.4, -0.2) is 16.1 Å². The van der Waals surface area contributed by atoms with Crippen LogP contribution in [0, 0.1) is 6.92 Å². The maximum absolute atomic E-state index is 2.69. The number of hydrogen-bond acceptors (Lipinski definition) is 0. The molecule has 0 amide bonds. The second-order valence-electron chi connectivity index (χ2n) is 10.9. The van der Waals surface area contributed by atoms with Crippen LogP contribution in [-0.2, 0) is 0 Å². The molecule has 0 bridgehead atoms. The fourth-order valence-corrected chi connectivity index (χ4v) is 13.6. The van der Waals surface area contributed by atoms with Crippen molar-refractivity contribution in [3.63, 3.8) is 0 Å². The van der Waals surface area contributed by atoms with Gasteiger partial charge in [0, 0.05) is 5.04 Å². The second-order valence-corrected chi connectivity index (χ2v) is 20.8. The van der Waals surface area contributed by atoms with Crippen molar-refractivity contribution < 1.29 is 0 Å². The van der Waals surface area contributed by atoms with Crippen LogP contribution >= 0.6 is 0 Å². The van der Waals surface area contributed by atoms with E-state index in [0.29, 0.717) is 0 Å². The lowest BCUT2D eigenvalue weighted by Crippen LogP contribution is -2.58. The highest BCUT2D eigenvalue weighted by atomic mass is 28.3. The third kappa shape index (κ3) is 4.59. The summed E-state index contributed by atoms with van der Waals surface area (Å²) < 4.78 is 0. The Hall–Kier alpha value is -0.866. The van der Waals surface area contributed by atoms with Gasteiger partial charge in [-0.1, -0.05) is 130 Å². The zero-order chi connectivity index (χ0) is 22.0. The zero-order valence-corrected chi connectivity index (χ0v) is 23.1. The third-order valence-electron chi connectivity index (χ3n) is 7.84. The minimum absolute atomic E-state index is 0.246. The van der Waals surface area contributed by atoms with Crippen LogP contribution in [0.25, 0.3) is 0 Å². The van der Waals surface area contributed by atoms with Gasteiger partial charge >= 0.3 is 0 Å². The van der Waals surface area contributed by atoms with Crippen molar-refractivity contribution in [2.75, 3.05) is 0 Å². The molecule has 0 saturated heterocycles. The van der Waals surface area contributed by atoms with E-state index in [2.05, 4.69) is 92.4 Å². The van der Waals surface area contributed by atoms with E-state index >= 15 is 0 Å². The van der Waals surface area contributed by atoms with Crippen molar-refractivity contribution in [3.05, 3.63) is 46.6 Å². The molecule has 2 heteroatoms. The standard InChI is InChI=1S/C27H46Si2/c1-11-13-15-29(16-14-12-2,27(7)20-22(4)23(5)24(27)6)26-18-21(3)17-25(19-26)28(8,9)10/h17-20H,11-16H2,1-10H3. The smallest absolute Gasteiger partial charge is 0.0737 e. The summed E-state index contributed by atoms with van der Waals surface area (Å²) in [7, 11) is -3.16. The third-order valence-corrected chi connectivity index (χ3v) is 16.2. The van der Waals surface area contributed by atoms with Crippen molar-refractivity contribution in [1.82, 2.24) is 0 Å². The number of hydrogen-bond donors (Lipinski definition) is 0. The first-order valence-corrected chi connectivity index (χ1v) is 17.8. The summed E-state index contributed by atoms with van der Waals surface area (Å²) in [6, 6.07) is 10.6. The van der Waals surface area contributed by atoms with Gasteiger partial charge in [0.1, 0.15) is 8.07 Å². The quantitative estimate of drug-likeness (QED) is 0.353. The monoisotopic (exact) mass is 426 g/mol. The first-order chi connectivity index (χ1) is 13.4. The SMILES string of the molecule is CCCC[Si](CCCC)(c1cc(C)cc([Si](C)(C)C)c1)C1(C)C=C(C)C(C)=C1C. The van der Waals surface area contributed by atoms with Crippen LogP contribution in [0.15, 0.2) is 41.0 Å². The molecular formula is C27H46Si2. The first-order valence-electron chi connectivity index (χ1n) is 11.9. The molecule has 1 aromatic carbocycles. The van der Waals surface area contributed by atoms with Crippen LogP contribution in [0.5, 0.6) is 0 Å². The van der Waals surface area contributed by atoms with Crippen LogP contribution in [0.4, 0.5) is 0 Å². The summed E-state index contributed by atoms with van der Waals surface area (Å²) in [5.74, 6) is 0. The van der Waals surface area contributed by atoms with E-state index in [-0.39, 0.29) is 5.04 Å². The van der Waals surface area contributed by atoms with Crippen molar-refractivity contribution >= 4 is 26.5 Å². The molecule has 0 heterocycles. The Labute approximate surface area is 183 Å². The van der Waals surface area contributed by atoms with Crippen LogP contribution in [0.2, 0.25) is 36.8 Å². The number of aryl methyl sites for hydroxylation is 1. The Morgan fingerprint density at radius 1 is 0.793 bits per heavy atom. The number of allylic oxidation sites excluding steroid dienone is 4. The predicted molar refractivity (Wildman–Crippen MR) is 139 cm³/mol. The summed E-state index contributed by atoms with van der Waals surface area (Å²) >= 11 is 0. The normalized spacial score (nSPS) is 20.4. The minimum Gasteiger partial charge on any atom is -0.0737 e. The molecule has 29 heavy (non-hydrogen) atoms. The van der Waals surface area contributed by atoms with Gasteiger partial charge in [-0.3, -0.25) is 0 Å². The zero-order valence-electron chi connectivity index (χ0n) is 21.1. The summed E-state index contributed by atoms with van der Waals surface area (Å²) in [5, 5.41) is 3.64. The van der Waals surface area contributed by atoms with E-state index in [1.165, 1.54) is 48.9 Å². The van der Waals surface area contributed by atoms with Gasteiger partial charge in [-0.15, -0.1) is 0 Å². The molecule has 0 fully saturated rings. The lowest BCUT2D eigenvalue weighted by atomic mass is 10.0.